The molecule has 0 aromatic heterocycles. The topological polar surface area (TPSA) is 50.8 Å². The lowest BCUT2D eigenvalue weighted by Crippen LogP contribution is -2.68. The summed E-state index contributed by atoms with van der Waals surface area (Å²) in [6, 6.07) is 12.6. The number of fused-ring (bicyclic) bond motifs is 3. The Morgan fingerprint density at radius 3 is 2.66 bits per heavy atom. The third-order valence-corrected chi connectivity index (χ3v) is 6.63. The van der Waals surface area contributed by atoms with E-state index in [9.17, 15) is 4.79 Å². The number of ether oxygens (including phenoxy) is 2. The Kier molecular flexibility index (Phi) is 5.93. The lowest BCUT2D eigenvalue weighted by atomic mass is 9.74. The van der Waals surface area contributed by atoms with Gasteiger partial charge in [0.1, 0.15) is 5.66 Å². The first kappa shape index (κ1) is 22.3. The lowest BCUT2D eigenvalue weighted by Gasteiger charge is -2.49. The van der Waals surface area contributed by atoms with Crippen LogP contribution in [-0.4, -0.2) is 31.3 Å². The van der Waals surface area contributed by atoms with Crippen molar-refractivity contribution in [3.63, 3.8) is 0 Å². The predicted molar refractivity (Wildman–Crippen MR) is 129 cm³/mol. The van der Waals surface area contributed by atoms with Crippen molar-refractivity contribution in [2.75, 3.05) is 24.7 Å². The smallest absolute Gasteiger partial charge is 0.223 e. The van der Waals surface area contributed by atoms with Crippen LogP contribution in [0.25, 0.3) is 6.08 Å². The number of nitrogens with one attached hydrogen (secondary N) is 1. The molecule has 0 spiro atoms. The van der Waals surface area contributed by atoms with Crippen LogP contribution in [0.15, 0.2) is 42.5 Å². The van der Waals surface area contributed by atoms with Crippen molar-refractivity contribution in [3.8, 4) is 11.5 Å². The molecule has 2 aromatic rings. The van der Waals surface area contributed by atoms with Gasteiger partial charge in [-0.1, -0.05) is 50.6 Å². The van der Waals surface area contributed by atoms with E-state index >= 15 is 0 Å². The molecule has 2 aliphatic heterocycles. The summed E-state index contributed by atoms with van der Waals surface area (Å²) in [6.07, 6.45) is 5.68. The van der Waals surface area contributed by atoms with Gasteiger partial charge in [-0.15, -0.1) is 0 Å². The molecule has 1 N–H and O–H groups in total. The Hall–Kier alpha value is -2.95. The number of carbonyl (C=O) groups is 1. The summed E-state index contributed by atoms with van der Waals surface area (Å²) in [6.45, 7) is 12.5. The highest BCUT2D eigenvalue weighted by atomic mass is 16.5. The third-order valence-electron chi connectivity index (χ3n) is 6.63. The van der Waals surface area contributed by atoms with Gasteiger partial charge < -0.3 is 19.7 Å². The molecule has 1 atom stereocenters. The van der Waals surface area contributed by atoms with Gasteiger partial charge in [0.15, 0.2) is 11.5 Å². The maximum atomic E-state index is 12.6. The molecule has 0 saturated carbocycles. The fraction of sp³-hybridized carbons (Fsp3) is 0.444. The molecule has 4 rings (SSSR count). The van der Waals surface area contributed by atoms with Crippen molar-refractivity contribution in [2.24, 2.45) is 0 Å². The Morgan fingerprint density at radius 2 is 1.91 bits per heavy atom. The van der Waals surface area contributed by atoms with Gasteiger partial charge in [0.25, 0.3) is 0 Å². The molecule has 5 heteroatoms. The van der Waals surface area contributed by atoms with Gasteiger partial charge in [0.2, 0.25) is 5.91 Å². The van der Waals surface area contributed by atoms with Crippen molar-refractivity contribution in [2.45, 2.75) is 58.5 Å². The number of nitrogens with zero attached hydrogens (tertiary/aromatic N) is 1. The molecule has 2 heterocycles. The molecule has 0 radical (unpaired) electrons. The average Bonchev–Trinajstić information content (AvgIpc) is 2.95. The molecule has 1 fully saturated rings. The SMILES string of the molecule is CCCOc1ccc(C=C[C@@]23NC(=O)CCN2c2ccc(C)cc2C3(C)C)cc1OCC. The monoisotopic (exact) mass is 434 g/mol. The number of carbonyl (C=O) groups excluding carboxylic acids is 1. The van der Waals surface area contributed by atoms with Gasteiger partial charge in [-0.25, -0.2) is 0 Å². The quantitative estimate of drug-likeness (QED) is 0.650. The van der Waals surface area contributed by atoms with E-state index in [0.29, 0.717) is 26.2 Å². The normalized spacial score (nSPS) is 21.3. The fourth-order valence-electron chi connectivity index (χ4n) is 4.91. The molecule has 2 aliphatic rings. The van der Waals surface area contributed by atoms with E-state index < -0.39 is 5.66 Å². The maximum Gasteiger partial charge on any atom is 0.223 e. The van der Waals surface area contributed by atoms with Crippen LogP contribution in [0, 0.1) is 6.92 Å². The standard InChI is InChI=1S/C27H34N2O3/c1-6-16-32-23-11-9-20(18-24(23)31-7-2)12-14-27-26(4,5)21-17-19(3)8-10-22(21)29(27)15-13-25(30)28-27/h8-12,14,17-18H,6-7,13,15-16H2,1-5H3,(H,28,30)/t27-/m1/s1. The van der Waals surface area contributed by atoms with Crippen molar-refractivity contribution in [1.29, 1.82) is 0 Å². The number of anilines is 1. The summed E-state index contributed by atoms with van der Waals surface area (Å²) in [7, 11) is 0. The summed E-state index contributed by atoms with van der Waals surface area (Å²) >= 11 is 0. The fourth-order valence-corrected chi connectivity index (χ4v) is 4.91. The summed E-state index contributed by atoms with van der Waals surface area (Å²) in [4.78, 5) is 15.0. The molecule has 0 bridgehead atoms. The van der Waals surface area contributed by atoms with Crippen molar-refractivity contribution >= 4 is 17.7 Å². The Morgan fingerprint density at radius 1 is 1.09 bits per heavy atom. The summed E-state index contributed by atoms with van der Waals surface area (Å²) in [5.74, 6) is 1.59. The van der Waals surface area contributed by atoms with Crippen LogP contribution in [0.1, 0.15) is 57.2 Å². The second-order valence-electron chi connectivity index (χ2n) is 9.18. The minimum atomic E-state index is -0.623. The number of hydrogen-bond donors (Lipinski definition) is 1. The number of aryl methyl sites for hydroxylation is 1. The third kappa shape index (κ3) is 3.64. The molecule has 0 unspecified atom stereocenters. The minimum Gasteiger partial charge on any atom is -0.490 e. The highest BCUT2D eigenvalue weighted by molar-refractivity contribution is 5.84. The van der Waals surface area contributed by atoms with Gasteiger partial charge in [-0.2, -0.15) is 0 Å². The van der Waals surface area contributed by atoms with E-state index in [1.807, 2.05) is 25.1 Å². The lowest BCUT2D eigenvalue weighted by molar-refractivity contribution is -0.124. The Labute approximate surface area is 191 Å². The molecular formula is C27H34N2O3. The van der Waals surface area contributed by atoms with E-state index in [4.69, 9.17) is 9.47 Å². The van der Waals surface area contributed by atoms with E-state index in [0.717, 1.165) is 23.5 Å². The number of rotatable bonds is 7. The molecule has 5 nitrogen and oxygen atoms in total. The van der Waals surface area contributed by atoms with Gasteiger partial charge in [0, 0.05) is 24.1 Å². The minimum absolute atomic E-state index is 0.0850. The van der Waals surface area contributed by atoms with Gasteiger partial charge in [0.05, 0.1) is 13.2 Å². The van der Waals surface area contributed by atoms with Gasteiger partial charge >= 0.3 is 0 Å². The molecule has 1 amide bonds. The Balaban J connectivity index is 1.74. The van der Waals surface area contributed by atoms with E-state index in [1.165, 1.54) is 16.8 Å². The van der Waals surface area contributed by atoms with E-state index in [1.54, 1.807) is 0 Å². The second-order valence-corrected chi connectivity index (χ2v) is 9.18. The Bertz CT molecular complexity index is 1040. The molecule has 170 valence electrons. The van der Waals surface area contributed by atoms with Gasteiger partial charge in [-0.3, -0.25) is 4.79 Å². The van der Waals surface area contributed by atoms with Crippen LogP contribution in [0.5, 0.6) is 11.5 Å². The maximum absolute atomic E-state index is 12.6. The summed E-state index contributed by atoms with van der Waals surface area (Å²) in [5.41, 5.74) is 3.78. The highest BCUT2D eigenvalue weighted by Crippen LogP contribution is 2.52. The molecule has 32 heavy (non-hydrogen) atoms. The number of benzene rings is 2. The zero-order valence-electron chi connectivity index (χ0n) is 19.8. The number of hydrogen-bond acceptors (Lipinski definition) is 4. The van der Waals surface area contributed by atoms with Crippen LogP contribution in [0.2, 0.25) is 0 Å². The predicted octanol–water partition coefficient (Wildman–Crippen LogP) is 5.21. The summed E-state index contributed by atoms with van der Waals surface area (Å²) in [5, 5.41) is 3.34. The highest BCUT2D eigenvalue weighted by Gasteiger charge is 2.57. The van der Waals surface area contributed by atoms with Gasteiger partial charge in [-0.05, 0) is 55.7 Å². The first-order valence-corrected chi connectivity index (χ1v) is 11.6. The zero-order chi connectivity index (χ0) is 22.9. The zero-order valence-corrected chi connectivity index (χ0v) is 19.8. The second kappa shape index (κ2) is 8.53. The van der Waals surface area contributed by atoms with Crippen LogP contribution in [0.3, 0.4) is 0 Å². The van der Waals surface area contributed by atoms with Crippen LogP contribution < -0.4 is 19.7 Å². The van der Waals surface area contributed by atoms with Crippen molar-refractivity contribution in [3.05, 3.63) is 59.2 Å². The summed E-state index contributed by atoms with van der Waals surface area (Å²) < 4.78 is 11.7. The van der Waals surface area contributed by atoms with Crippen molar-refractivity contribution in [1.82, 2.24) is 5.32 Å². The largest absolute Gasteiger partial charge is 0.490 e. The molecule has 2 aromatic carbocycles. The van der Waals surface area contributed by atoms with Crippen LogP contribution >= 0.6 is 0 Å². The molecular weight excluding hydrogens is 400 g/mol. The van der Waals surface area contributed by atoms with E-state index in [-0.39, 0.29) is 11.3 Å². The van der Waals surface area contributed by atoms with Crippen LogP contribution in [-0.2, 0) is 10.2 Å². The van der Waals surface area contributed by atoms with E-state index in [2.05, 4.69) is 68.3 Å². The van der Waals surface area contributed by atoms with Crippen LogP contribution in [0.4, 0.5) is 5.69 Å². The average molecular weight is 435 g/mol. The van der Waals surface area contributed by atoms with Crippen molar-refractivity contribution < 1.29 is 14.3 Å². The number of amides is 1. The molecule has 0 aliphatic carbocycles. The first-order valence-electron chi connectivity index (χ1n) is 11.6. The first-order chi connectivity index (χ1) is 15.3. The molecule has 1 saturated heterocycles.